The first-order valence-corrected chi connectivity index (χ1v) is 8.23. The number of sulfonamides is 1. The minimum atomic E-state index is -3.23. The van der Waals surface area contributed by atoms with Crippen molar-refractivity contribution in [1.82, 2.24) is 14.7 Å². The fourth-order valence-corrected chi connectivity index (χ4v) is 2.79. The molecule has 0 saturated carbocycles. The summed E-state index contributed by atoms with van der Waals surface area (Å²) >= 11 is 6.01. The van der Waals surface area contributed by atoms with E-state index in [1.807, 2.05) is 6.92 Å². The van der Waals surface area contributed by atoms with Gasteiger partial charge in [-0.15, -0.1) is 0 Å². The number of hydrogen-bond donors (Lipinski definition) is 2. The van der Waals surface area contributed by atoms with Gasteiger partial charge < -0.3 is 5.32 Å². The molecule has 6 nitrogen and oxygen atoms in total. The maximum Gasteiger partial charge on any atom is 0.213 e. The predicted octanol–water partition coefficient (Wildman–Crippen LogP) is 1.43. The smallest absolute Gasteiger partial charge is 0.213 e. The summed E-state index contributed by atoms with van der Waals surface area (Å²) in [6.07, 6.45) is 3.03. The molecule has 2 N–H and O–H groups in total. The fourth-order valence-electron chi connectivity index (χ4n) is 1.61. The van der Waals surface area contributed by atoms with Crippen molar-refractivity contribution in [2.24, 2.45) is 0 Å². The Bertz CT molecular complexity index is 507. The van der Waals surface area contributed by atoms with Crippen molar-refractivity contribution in [2.75, 3.05) is 24.2 Å². The van der Waals surface area contributed by atoms with Gasteiger partial charge in [0.2, 0.25) is 10.0 Å². The van der Waals surface area contributed by atoms with Crippen LogP contribution in [0, 0.1) is 0 Å². The van der Waals surface area contributed by atoms with Crippen LogP contribution >= 0.6 is 11.6 Å². The molecule has 1 aromatic heterocycles. The average Bonchev–Trinajstić information content (AvgIpc) is 2.33. The highest BCUT2D eigenvalue weighted by molar-refractivity contribution is 7.89. The lowest BCUT2D eigenvalue weighted by molar-refractivity contribution is 0.584. The van der Waals surface area contributed by atoms with Crippen molar-refractivity contribution in [2.45, 2.75) is 26.7 Å². The summed E-state index contributed by atoms with van der Waals surface area (Å²) in [6.45, 7) is 4.44. The summed E-state index contributed by atoms with van der Waals surface area (Å²) in [5, 5.41) is 3.41. The molecule has 0 aliphatic rings. The molecule has 0 spiro atoms. The second-order valence-corrected chi connectivity index (χ2v) is 6.27. The molecule has 0 aliphatic heterocycles. The van der Waals surface area contributed by atoms with Crippen LogP contribution in [0.15, 0.2) is 6.33 Å². The molecule has 1 aromatic rings. The van der Waals surface area contributed by atoms with E-state index in [-0.39, 0.29) is 12.3 Å². The Morgan fingerprint density at radius 2 is 2.05 bits per heavy atom. The third-order valence-electron chi connectivity index (χ3n) is 2.42. The van der Waals surface area contributed by atoms with Crippen LogP contribution in [-0.2, 0) is 16.4 Å². The number of aromatic nitrogens is 2. The lowest BCUT2D eigenvalue weighted by Crippen LogP contribution is -2.29. The van der Waals surface area contributed by atoms with Gasteiger partial charge in [-0.05, 0) is 6.42 Å². The molecule has 0 fully saturated rings. The SMILES string of the molecule is CCCc1c(Cl)ncnc1NCCS(=O)(=O)NCC. The van der Waals surface area contributed by atoms with Gasteiger partial charge in [0.1, 0.15) is 17.3 Å². The van der Waals surface area contributed by atoms with Gasteiger partial charge in [-0.2, -0.15) is 0 Å². The van der Waals surface area contributed by atoms with Crippen LogP contribution in [0.5, 0.6) is 0 Å². The van der Waals surface area contributed by atoms with Crippen molar-refractivity contribution in [1.29, 1.82) is 0 Å². The maximum absolute atomic E-state index is 11.5. The highest BCUT2D eigenvalue weighted by atomic mass is 35.5. The number of halogens is 1. The number of rotatable bonds is 8. The first-order chi connectivity index (χ1) is 9.00. The normalized spacial score (nSPS) is 11.5. The predicted molar refractivity (Wildman–Crippen MR) is 77.0 cm³/mol. The Labute approximate surface area is 119 Å². The van der Waals surface area contributed by atoms with Gasteiger partial charge in [0.25, 0.3) is 0 Å². The topological polar surface area (TPSA) is 84.0 Å². The first kappa shape index (κ1) is 16.1. The molecule has 0 unspecified atom stereocenters. The minimum Gasteiger partial charge on any atom is -0.369 e. The van der Waals surface area contributed by atoms with Gasteiger partial charge in [0, 0.05) is 18.7 Å². The molecule has 0 saturated heterocycles. The van der Waals surface area contributed by atoms with Crippen LogP contribution in [0.2, 0.25) is 5.15 Å². The van der Waals surface area contributed by atoms with Gasteiger partial charge in [-0.1, -0.05) is 31.9 Å². The quantitative estimate of drug-likeness (QED) is 0.710. The molecular formula is C11H19ClN4O2S. The zero-order valence-corrected chi connectivity index (χ0v) is 12.7. The van der Waals surface area contributed by atoms with Crippen molar-refractivity contribution < 1.29 is 8.42 Å². The zero-order chi connectivity index (χ0) is 14.3. The van der Waals surface area contributed by atoms with Crippen molar-refractivity contribution in [3.63, 3.8) is 0 Å². The minimum absolute atomic E-state index is 0.00593. The Kier molecular flexibility index (Phi) is 6.47. The second kappa shape index (κ2) is 7.62. The Balaban J connectivity index is 2.65. The van der Waals surface area contributed by atoms with E-state index in [0.717, 1.165) is 18.4 Å². The van der Waals surface area contributed by atoms with E-state index in [1.165, 1.54) is 6.33 Å². The molecule has 1 heterocycles. The molecule has 0 radical (unpaired) electrons. The Hall–Kier alpha value is -0.920. The fraction of sp³-hybridized carbons (Fsp3) is 0.636. The summed E-state index contributed by atoms with van der Waals surface area (Å²) in [7, 11) is -3.23. The molecule has 0 bridgehead atoms. The summed E-state index contributed by atoms with van der Waals surface area (Å²) in [5.74, 6) is 0.599. The third-order valence-corrected chi connectivity index (χ3v) is 4.22. The third kappa shape index (κ3) is 5.30. The van der Waals surface area contributed by atoms with E-state index in [4.69, 9.17) is 11.6 Å². The molecule has 1 rings (SSSR count). The van der Waals surface area contributed by atoms with Gasteiger partial charge in [-0.25, -0.2) is 23.1 Å². The molecule has 108 valence electrons. The van der Waals surface area contributed by atoms with Crippen LogP contribution in [0.25, 0.3) is 0 Å². The molecule has 0 aliphatic carbocycles. The van der Waals surface area contributed by atoms with E-state index in [2.05, 4.69) is 20.0 Å². The summed E-state index contributed by atoms with van der Waals surface area (Å²) in [4.78, 5) is 8.03. The standard InChI is InChI=1S/C11H19ClN4O2S/c1-3-5-9-10(12)14-8-15-11(9)13-6-7-19(17,18)16-4-2/h8,16H,3-7H2,1-2H3,(H,13,14,15). The second-order valence-electron chi connectivity index (χ2n) is 3.99. The molecular weight excluding hydrogens is 288 g/mol. The lowest BCUT2D eigenvalue weighted by Gasteiger charge is -2.11. The molecule has 0 amide bonds. The van der Waals surface area contributed by atoms with Crippen LogP contribution in [0.1, 0.15) is 25.8 Å². The van der Waals surface area contributed by atoms with Gasteiger partial charge in [-0.3, -0.25) is 0 Å². The largest absolute Gasteiger partial charge is 0.369 e. The summed E-state index contributed by atoms with van der Waals surface area (Å²) in [5.41, 5.74) is 0.826. The summed E-state index contributed by atoms with van der Waals surface area (Å²) < 4.78 is 25.4. The van der Waals surface area contributed by atoms with Gasteiger partial charge >= 0.3 is 0 Å². The van der Waals surface area contributed by atoms with E-state index in [0.29, 0.717) is 17.5 Å². The number of nitrogens with one attached hydrogen (secondary N) is 2. The summed E-state index contributed by atoms with van der Waals surface area (Å²) in [6, 6.07) is 0. The lowest BCUT2D eigenvalue weighted by atomic mass is 10.2. The average molecular weight is 307 g/mol. The first-order valence-electron chi connectivity index (χ1n) is 6.20. The number of hydrogen-bond acceptors (Lipinski definition) is 5. The molecule has 0 atom stereocenters. The maximum atomic E-state index is 11.5. The Morgan fingerprint density at radius 3 is 2.68 bits per heavy atom. The monoisotopic (exact) mass is 306 g/mol. The van der Waals surface area contributed by atoms with Gasteiger partial charge in [0.15, 0.2) is 0 Å². The van der Waals surface area contributed by atoms with Crippen LogP contribution in [-0.4, -0.2) is 37.2 Å². The highest BCUT2D eigenvalue weighted by Gasteiger charge is 2.11. The van der Waals surface area contributed by atoms with Crippen LogP contribution in [0.4, 0.5) is 5.82 Å². The van der Waals surface area contributed by atoms with E-state index in [9.17, 15) is 8.42 Å². The molecule has 19 heavy (non-hydrogen) atoms. The van der Waals surface area contributed by atoms with Crippen LogP contribution in [0.3, 0.4) is 0 Å². The molecule has 8 heteroatoms. The Morgan fingerprint density at radius 1 is 1.32 bits per heavy atom. The van der Waals surface area contributed by atoms with Crippen molar-refractivity contribution in [3.8, 4) is 0 Å². The number of nitrogens with zero attached hydrogens (tertiary/aromatic N) is 2. The van der Waals surface area contributed by atoms with Gasteiger partial charge in [0.05, 0.1) is 5.75 Å². The van der Waals surface area contributed by atoms with Crippen LogP contribution < -0.4 is 10.0 Å². The van der Waals surface area contributed by atoms with Crippen molar-refractivity contribution in [3.05, 3.63) is 17.0 Å². The highest BCUT2D eigenvalue weighted by Crippen LogP contribution is 2.21. The van der Waals surface area contributed by atoms with E-state index < -0.39 is 10.0 Å². The number of anilines is 1. The zero-order valence-electron chi connectivity index (χ0n) is 11.1. The van der Waals surface area contributed by atoms with E-state index >= 15 is 0 Å². The van der Waals surface area contributed by atoms with Crippen molar-refractivity contribution >= 4 is 27.4 Å². The molecule has 0 aromatic carbocycles. The van der Waals surface area contributed by atoms with E-state index in [1.54, 1.807) is 6.92 Å².